The van der Waals surface area contributed by atoms with Gasteiger partial charge in [0.25, 0.3) is 0 Å². The van der Waals surface area contributed by atoms with Crippen LogP contribution in [0.15, 0.2) is 66.7 Å². The molecule has 0 saturated heterocycles. The number of anilines is 1. The van der Waals surface area contributed by atoms with Crippen LogP contribution in [0.2, 0.25) is 0 Å². The minimum absolute atomic E-state index is 0.00114. The summed E-state index contributed by atoms with van der Waals surface area (Å²) in [6.07, 6.45) is 0.542. The van der Waals surface area contributed by atoms with Crippen molar-refractivity contribution in [1.29, 1.82) is 0 Å². The molecule has 0 N–H and O–H groups in total. The maximum Gasteiger partial charge on any atom is 0.227 e. The van der Waals surface area contributed by atoms with Crippen molar-refractivity contribution in [3.8, 4) is 0 Å². The number of Topliss-reactive ketones (excluding diaryl/α,β-unsaturated/α-hetero) is 1. The molecule has 0 aromatic heterocycles. The van der Waals surface area contributed by atoms with E-state index in [9.17, 15) is 9.59 Å². The van der Waals surface area contributed by atoms with Crippen molar-refractivity contribution < 1.29 is 9.59 Å². The van der Waals surface area contributed by atoms with Crippen LogP contribution in [0, 0.1) is 0 Å². The minimum atomic E-state index is 0.00114. The molecule has 0 spiro atoms. The highest BCUT2D eigenvalue weighted by Crippen LogP contribution is 2.29. The lowest BCUT2D eigenvalue weighted by Crippen LogP contribution is -2.29. The van der Waals surface area contributed by atoms with Crippen molar-refractivity contribution in [3.63, 3.8) is 0 Å². The second-order valence-corrected chi connectivity index (χ2v) is 6.06. The molecule has 0 radical (unpaired) electrons. The van der Waals surface area contributed by atoms with Crippen molar-refractivity contribution in [2.75, 3.05) is 4.90 Å². The van der Waals surface area contributed by atoms with Crippen molar-refractivity contribution in [2.45, 2.75) is 19.4 Å². The Bertz CT molecular complexity index is 940. The van der Waals surface area contributed by atoms with Gasteiger partial charge in [0, 0.05) is 18.4 Å². The van der Waals surface area contributed by atoms with Gasteiger partial charge in [0.1, 0.15) is 0 Å². The van der Waals surface area contributed by atoms with Crippen molar-refractivity contribution in [2.24, 2.45) is 0 Å². The third-order valence-electron chi connectivity index (χ3n) is 4.57. The van der Waals surface area contributed by atoms with E-state index in [-0.39, 0.29) is 24.5 Å². The number of fused-ring (bicyclic) bond motifs is 2. The molecule has 1 amide bonds. The molecule has 0 aliphatic carbocycles. The summed E-state index contributed by atoms with van der Waals surface area (Å²) in [5.74, 6) is 0.0422. The highest BCUT2D eigenvalue weighted by atomic mass is 16.2. The molecule has 118 valence electrons. The van der Waals surface area contributed by atoms with Crippen LogP contribution in [-0.2, 0) is 11.3 Å². The van der Waals surface area contributed by atoms with Gasteiger partial charge in [0.15, 0.2) is 5.78 Å². The zero-order valence-corrected chi connectivity index (χ0v) is 13.2. The van der Waals surface area contributed by atoms with Crippen molar-refractivity contribution >= 4 is 28.2 Å². The van der Waals surface area contributed by atoms with Crippen LogP contribution in [0.1, 0.15) is 28.8 Å². The minimum Gasteiger partial charge on any atom is -0.307 e. The van der Waals surface area contributed by atoms with Crippen LogP contribution in [0.5, 0.6) is 0 Å². The van der Waals surface area contributed by atoms with E-state index < -0.39 is 0 Å². The lowest BCUT2D eigenvalue weighted by Gasteiger charge is -2.23. The number of ketones is 1. The molecule has 4 rings (SSSR count). The molecule has 1 aliphatic heterocycles. The van der Waals surface area contributed by atoms with E-state index in [4.69, 9.17) is 0 Å². The lowest BCUT2D eigenvalue weighted by molar-refractivity contribution is -0.118. The van der Waals surface area contributed by atoms with Gasteiger partial charge in [-0.25, -0.2) is 0 Å². The number of nitrogens with zero attached hydrogens (tertiary/aromatic N) is 1. The zero-order valence-electron chi connectivity index (χ0n) is 13.2. The highest BCUT2D eigenvalue weighted by molar-refractivity contribution is 6.10. The van der Waals surface area contributed by atoms with E-state index in [1.54, 1.807) is 4.90 Å². The third kappa shape index (κ3) is 2.48. The van der Waals surface area contributed by atoms with E-state index in [1.165, 1.54) is 0 Å². The number of amides is 1. The van der Waals surface area contributed by atoms with Gasteiger partial charge in [-0.1, -0.05) is 54.6 Å². The molecule has 24 heavy (non-hydrogen) atoms. The molecular formula is C21H17NO2. The van der Waals surface area contributed by atoms with Gasteiger partial charge >= 0.3 is 0 Å². The van der Waals surface area contributed by atoms with Gasteiger partial charge in [-0.3, -0.25) is 9.59 Å². The fourth-order valence-corrected chi connectivity index (χ4v) is 3.34. The van der Waals surface area contributed by atoms with Crippen LogP contribution < -0.4 is 4.90 Å². The Morgan fingerprint density at radius 1 is 0.792 bits per heavy atom. The summed E-state index contributed by atoms with van der Waals surface area (Å²) < 4.78 is 0. The lowest BCUT2D eigenvalue weighted by atomic mass is 10.0. The largest absolute Gasteiger partial charge is 0.307 e. The molecule has 0 atom stereocenters. The molecule has 0 unspecified atom stereocenters. The van der Waals surface area contributed by atoms with Gasteiger partial charge < -0.3 is 4.90 Å². The Hall–Kier alpha value is -2.94. The maximum absolute atomic E-state index is 12.6. The SMILES string of the molecule is O=C1CCC(=O)N(Cc2cccc3ccccc23)c2ccccc21. The van der Waals surface area contributed by atoms with Crippen LogP contribution >= 0.6 is 0 Å². The molecule has 1 aliphatic rings. The van der Waals surface area contributed by atoms with E-state index in [0.29, 0.717) is 12.1 Å². The van der Waals surface area contributed by atoms with Crippen molar-refractivity contribution in [3.05, 3.63) is 77.9 Å². The quantitative estimate of drug-likeness (QED) is 0.705. The Morgan fingerprint density at radius 3 is 2.46 bits per heavy atom. The predicted octanol–water partition coefficient (Wildman–Crippen LogP) is 4.35. The summed E-state index contributed by atoms with van der Waals surface area (Å²) in [4.78, 5) is 26.7. The topological polar surface area (TPSA) is 37.4 Å². The summed E-state index contributed by atoms with van der Waals surface area (Å²) in [6.45, 7) is 0.477. The zero-order chi connectivity index (χ0) is 16.5. The van der Waals surface area contributed by atoms with E-state index in [2.05, 4.69) is 18.2 Å². The number of hydrogen-bond donors (Lipinski definition) is 0. The molecule has 1 heterocycles. The molecule has 0 bridgehead atoms. The Labute approximate surface area is 140 Å². The Kier molecular flexibility index (Phi) is 3.62. The Balaban J connectivity index is 1.81. The predicted molar refractivity (Wildman–Crippen MR) is 95.1 cm³/mol. The molecule has 0 fully saturated rings. The second-order valence-electron chi connectivity index (χ2n) is 6.06. The fourth-order valence-electron chi connectivity index (χ4n) is 3.34. The number of carbonyl (C=O) groups is 2. The second kappa shape index (κ2) is 5.93. The van der Waals surface area contributed by atoms with Gasteiger partial charge in [-0.15, -0.1) is 0 Å². The van der Waals surface area contributed by atoms with Gasteiger partial charge in [-0.2, -0.15) is 0 Å². The molecule has 3 nitrogen and oxygen atoms in total. The fraction of sp³-hybridized carbons (Fsp3) is 0.143. The van der Waals surface area contributed by atoms with Crippen molar-refractivity contribution in [1.82, 2.24) is 0 Å². The first-order chi connectivity index (χ1) is 11.7. The number of rotatable bonds is 2. The molecule has 3 aromatic rings. The van der Waals surface area contributed by atoms with Crippen LogP contribution in [0.3, 0.4) is 0 Å². The monoisotopic (exact) mass is 315 g/mol. The van der Waals surface area contributed by atoms with E-state index in [1.807, 2.05) is 48.5 Å². The highest BCUT2D eigenvalue weighted by Gasteiger charge is 2.26. The number of benzene rings is 3. The summed E-state index contributed by atoms with van der Waals surface area (Å²) >= 11 is 0. The summed E-state index contributed by atoms with van der Waals surface area (Å²) in [5.41, 5.74) is 2.45. The van der Waals surface area contributed by atoms with Crippen LogP contribution in [0.25, 0.3) is 10.8 Å². The average Bonchev–Trinajstić information content (AvgIpc) is 2.74. The number of para-hydroxylation sites is 1. The first kappa shape index (κ1) is 14.6. The van der Waals surface area contributed by atoms with E-state index >= 15 is 0 Å². The Morgan fingerprint density at radius 2 is 1.54 bits per heavy atom. The summed E-state index contributed by atoms with van der Waals surface area (Å²) in [7, 11) is 0. The van der Waals surface area contributed by atoms with Gasteiger partial charge in [0.2, 0.25) is 5.91 Å². The summed E-state index contributed by atoms with van der Waals surface area (Å²) in [5, 5.41) is 2.29. The molecule has 3 aromatic carbocycles. The van der Waals surface area contributed by atoms with E-state index in [0.717, 1.165) is 22.0 Å². The first-order valence-electron chi connectivity index (χ1n) is 8.13. The molecular weight excluding hydrogens is 298 g/mol. The van der Waals surface area contributed by atoms with Gasteiger partial charge in [0.05, 0.1) is 12.2 Å². The maximum atomic E-state index is 12.6. The average molecular weight is 315 g/mol. The third-order valence-corrected chi connectivity index (χ3v) is 4.57. The number of hydrogen-bond acceptors (Lipinski definition) is 2. The first-order valence-corrected chi connectivity index (χ1v) is 8.13. The van der Waals surface area contributed by atoms with Crippen LogP contribution in [-0.4, -0.2) is 11.7 Å². The summed E-state index contributed by atoms with van der Waals surface area (Å²) in [6, 6.07) is 21.7. The molecule has 0 saturated carbocycles. The number of carbonyl (C=O) groups excluding carboxylic acids is 2. The van der Waals surface area contributed by atoms with Gasteiger partial charge in [-0.05, 0) is 28.5 Å². The smallest absolute Gasteiger partial charge is 0.227 e. The molecule has 3 heteroatoms. The van der Waals surface area contributed by atoms with Crippen LogP contribution in [0.4, 0.5) is 5.69 Å². The normalized spacial score (nSPS) is 14.6. The standard InChI is InChI=1S/C21H17NO2/c23-20-12-13-21(24)22(19-11-4-3-10-18(19)20)14-16-8-5-7-15-6-1-2-9-17(15)16/h1-11H,12-14H2.